The van der Waals surface area contributed by atoms with Gasteiger partial charge in [0.2, 0.25) is 5.91 Å². The number of amides is 2. The van der Waals surface area contributed by atoms with E-state index in [-0.39, 0.29) is 18.6 Å². The van der Waals surface area contributed by atoms with Crippen molar-refractivity contribution in [2.24, 2.45) is 5.73 Å². The molecule has 0 unspecified atom stereocenters. The molecule has 0 saturated heterocycles. The number of hydrogen-bond donors (Lipinski definition) is 2. The van der Waals surface area contributed by atoms with Crippen molar-refractivity contribution < 1.29 is 14.3 Å². The maximum Gasteiger partial charge on any atom is 0.258 e. The lowest BCUT2D eigenvalue weighted by molar-refractivity contribution is -0.123. The fourth-order valence-corrected chi connectivity index (χ4v) is 1.63. The molecule has 1 aromatic carbocycles. The third-order valence-electron chi connectivity index (χ3n) is 2.86. The summed E-state index contributed by atoms with van der Waals surface area (Å²) in [5.41, 5.74) is 5.54. The van der Waals surface area contributed by atoms with Crippen molar-refractivity contribution in [1.29, 1.82) is 0 Å². The second kappa shape index (κ2) is 7.41. The second-order valence-electron chi connectivity index (χ2n) is 4.26. The number of nitrogens with one attached hydrogen (secondary N) is 1. The highest BCUT2D eigenvalue weighted by Crippen LogP contribution is 2.11. The van der Waals surface area contributed by atoms with Crippen molar-refractivity contribution in [1.82, 2.24) is 5.32 Å². The van der Waals surface area contributed by atoms with E-state index in [0.717, 1.165) is 12.8 Å². The lowest BCUT2D eigenvalue weighted by atomic mass is 10.2. The van der Waals surface area contributed by atoms with Gasteiger partial charge in [-0.1, -0.05) is 13.8 Å². The first-order valence-electron chi connectivity index (χ1n) is 6.38. The van der Waals surface area contributed by atoms with Crippen LogP contribution in [-0.2, 0) is 4.79 Å². The Morgan fingerprint density at radius 2 is 1.79 bits per heavy atom. The normalized spacial score (nSPS) is 10.3. The Morgan fingerprint density at radius 1 is 1.21 bits per heavy atom. The summed E-state index contributed by atoms with van der Waals surface area (Å²) < 4.78 is 5.33. The number of carbonyl (C=O) groups is 2. The van der Waals surface area contributed by atoms with Gasteiger partial charge in [-0.3, -0.25) is 9.59 Å². The van der Waals surface area contributed by atoms with Crippen LogP contribution in [0.2, 0.25) is 0 Å². The van der Waals surface area contributed by atoms with Gasteiger partial charge in [0, 0.05) is 11.6 Å². The molecule has 0 heterocycles. The predicted octanol–water partition coefficient (Wildman–Crippen LogP) is 1.47. The Balaban J connectivity index is 2.43. The average Bonchev–Trinajstić information content (AvgIpc) is 2.43. The summed E-state index contributed by atoms with van der Waals surface area (Å²) in [6.07, 6.45) is 1.80. The zero-order valence-corrected chi connectivity index (χ0v) is 11.3. The molecule has 0 aliphatic rings. The van der Waals surface area contributed by atoms with Gasteiger partial charge < -0.3 is 15.8 Å². The van der Waals surface area contributed by atoms with E-state index in [1.807, 2.05) is 13.8 Å². The van der Waals surface area contributed by atoms with Crippen LogP contribution in [-0.4, -0.2) is 24.5 Å². The predicted molar refractivity (Wildman–Crippen MR) is 73.0 cm³/mol. The molecular formula is C14H20N2O3. The van der Waals surface area contributed by atoms with Crippen LogP contribution in [0.4, 0.5) is 0 Å². The summed E-state index contributed by atoms with van der Waals surface area (Å²) >= 11 is 0. The van der Waals surface area contributed by atoms with E-state index in [2.05, 4.69) is 5.32 Å². The van der Waals surface area contributed by atoms with Crippen LogP contribution < -0.4 is 15.8 Å². The number of nitrogens with two attached hydrogens (primary N) is 1. The third-order valence-corrected chi connectivity index (χ3v) is 2.86. The van der Waals surface area contributed by atoms with Crippen LogP contribution in [0.25, 0.3) is 0 Å². The highest BCUT2D eigenvalue weighted by Gasteiger charge is 2.09. The molecule has 0 spiro atoms. The van der Waals surface area contributed by atoms with Crippen LogP contribution in [0.1, 0.15) is 37.0 Å². The summed E-state index contributed by atoms with van der Waals surface area (Å²) in [5.74, 6) is -0.101. The molecule has 0 saturated carbocycles. The van der Waals surface area contributed by atoms with Crippen LogP contribution >= 0.6 is 0 Å². The van der Waals surface area contributed by atoms with Crippen molar-refractivity contribution in [3.05, 3.63) is 29.8 Å². The van der Waals surface area contributed by atoms with Gasteiger partial charge in [0.05, 0.1) is 0 Å². The first kappa shape index (κ1) is 15.0. The smallest absolute Gasteiger partial charge is 0.258 e. The van der Waals surface area contributed by atoms with Crippen molar-refractivity contribution in [2.45, 2.75) is 32.7 Å². The van der Waals surface area contributed by atoms with E-state index in [0.29, 0.717) is 11.3 Å². The average molecular weight is 264 g/mol. The van der Waals surface area contributed by atoms with Crippen LogP contribution in [0.15, 0.2) is 24.3 Å². The van der Waals surface area contributed by atoms with E-state index in [1.165, 1.54) is 0 Å². The molecular weight excluding hydrogens is 244 g/mol. The monoisotopic (exact) mass is 264 g/mol. The summed E-state index contributed by atoms with van der Waals surface area (Å²) in [4.78, 5) is 22.5. The molecule has 5 nitrogen and oxygen atoms in total. The van der Waals surface area contributed by atoms with Crippen LogP contribution in [0, 0.1) is 0 Å². The first-order chi connectivity index (χ1) is 9.06. The largest absolute Gasteiger partial charge is 0.484 e. The molecule has 3 N–H and O–H groups in total. The zero-order valence-electron chi connectivity index (χ0n) is 11.3. The molecule has 104 valence electrons. The topological polar surface area (TPSA) is 81.4 Å². The number of ether oxygens (including phenoxy) is 1. The first-order valence-corrected chi connectivity index (χ1v) is 6.38. The summed E-state index contributed by atoms with van der Waals surface area (Å²) in [7, 11) is 0. The Kier molecular flexibility index (Phi) is 5.85. The van der Waals surface area contributed by atoms with Gasteiger partial charge in [-0.2, -0.15) is 0 Å². The van der Waals surface area contributed by atoms with Crippen LogP contribution in [0.5, 0.6) is 5.75 Å². The number of benzene rings is 1. The third kappa shape index (κ3) is 4.99. The highest BCUT2D eigenvalue weighted by atomic mass is 16.5. The van der Waals surface area contributed by atoms with Gasteiger partial charge in [-0.05, 0) is 37.1 Å². The lowest BCUT2D eigenvalue weighted by Crippen LogP contribution is -2.37. The van der Waals surface area contributed by atoms with Crippen LogP contribution in [0.3, 0.4) is 0 Å². The maximum absolute atomic E-state index is 11.6. The molecule has 1 aromatic rings. The van der Waals surface area contributed by atoms with Gasteiger partial charge in [-0.25, -0.2) is 0 Å². The Morgan fingerprint density at radius 3 is 2.26 bits per heavy atom. The van der Waals surface area contributed by atoms with Crippen molar-refractivity contribution in [2.75, 3.05) is 6.61 Å². The number of primary amides is 1. The lowest BCUT2D eigenvalue weighted by Gasteiger charge is -2.14. The van der Waals surface area contributed by atoms with Gasteiger partial charge in [0.25, 0.3) is 5.91 Å². The Hall–Kier alpha value is -2.04. The minimum absolute atomic E-state index is 0.0353. The molecule has 0 bridgehead atoms. The number of rotatable bonds is 7. The quantitative estimate of drug-likeness (QED) is 0.782. The van der Waals surface area contributed by atoms with E-state index in [9.17, 15) is 9.59 Å². The van der Waals surface area contributed by atoms with Crippen molar-refractivity contribution >= 4 is 11.8 Å². The summed E-state index contributed by atoms with van der Waals surface area (Å²) in [6, 6.07) is 6.55. The van der Waals surface area contributed by atoms with E-state index in [4.69, 9.17) is 10.5 Å². The molecule has 0 aliphatic carbocycles. The van der Waals surface area contributed by atoms with Gasteiger partial charge in [0.1, 0.15) is 5.75 Å². The molecule has 0 aliphatic heterocycles. The van der Waals surface area contributed by atoms with Gasteiger partial charge >= 0.3 is 0 Å². The molecule has 0 atom stereocenters. The van der Waals surface area contributed by atoms with Crippen molar-refractivity contribution in [3.63, 3.8) is 0 Å². The molecule has 19 heavy (non-hydrogen) atoms. The molecule has 5 heteroatoms. The molecule has 0 aromatic heterocycles. The maximum atomic E-state index is 11.6. The van der Waals surface area contributed by atoms with E-state index >= 15 is 0 Å². The van der Waals surface area contributed by atoms with Crippen molar-refractivity contribution in [3.8, 4) is 5.75 Å². The fourth-order valence-electron chi connectivity index (χ4n) is 1.63. The summed E-state index contributed by atoms with van der Waals surface area (Å²) in [6.45, 7) is 4.02. The Labute approximate surface area is 113 Å². The molecule has 0 radical (unpaired) electrons. The number of carbonyl (C=O) groups excluding carboxylic acids is 2. The SMILES string of the molecule is CCC(CC)NC(=O)COc1ccc(C(N)=O)cc1. The Bertz CT molecular complexity index is 425. The van der Waals surface area contributed by atoms with E-state index in [1.54, 1.807) is 24.3 Å². The summed E-state index contributed by atoms with van der Waals surface area (Å²) in [5, 5.41) is 2.88. The fraction of sp³-hybridized carbons (Fsp3) is 0.429. The number of hydrogen-bond acceptors (Lipinski definition) is 3. The minimum atomic E-state index is -0.488. The molecule has 2 amide bonds. The molecule has 1 rings (SSSR count). The second-order valence-corrected chi connectivity index (χ2v) is 4.26. The zero-order chi connectivity index (χ0) is 14.3. The standard InChI is InChI=1S/C14H20N2O3/c1-3-11(4-2)16-13(17)9-19-12-7-5-10(6-8-12)14(15)18/h5-8,11H,3-4,9H2,1-2H3,(H2,15,18)(H,16,17). The van der Waals surface area contributed by atoms with Gasteiger partial charge in [0.15, 0.2) is 6.61 Å². The highest BCUT2D eigenvalue weighted by molar-refractivity contribution is 5.92. The van der Waals surface area contributed by atoms with E-state index < -0.39 is 5.91 Å². The molecule has 0 fully saturated rings. The van der Waals surface area contributed by atoms with Gasteiger partial charge in [-0.15, -0.1) is 0 Å². The minimum Gasteiger partial charge on any atom is -0.484 e.